The van der Waals surface area contributed by atoms with E-state index in [9.17, 15) is 5.11 Å². The van der Waals surface area contributed by atoms with Gasteiger partial charge in [-0.1, -0.05) is 68.9 Å². The van der Waals surface area contributed by atoms with E-state index in [1.807, 2.05) is 30.3 Å². The van der Waals surface area contributed by atoms with Crippen molar-refractivity contribution in [3.05, 3.63) is 60.2 Å². The number of benzene rings is 2. The number of ether oxygens (including phenoxy) is 1. The predicted octanol–water partition coefficient (Wildman–Crippen LogP) is 6.46. The zero-order valence-corrected chi connectivity index (χ0v) is 21.4. The number of piperazine rings is 1. The van der Waals surface area contributed by atoms with E-state index in [4.69, 9.17) is 4.74 Å². The minimum Gasteiger partial charge on any atom is -0.457 e. The van der Waals surface area contributed by atoms with Crippen molar-refractivity contribution in [2.45, 2.75) is 75.7 Å². The highest BCUT2D eigenvalue weighted by Gasteiger charge is 2.40. The van der Waals surface area contributed by atoms with Crippen LogP contribution in [0.15, 0.2) is 54.6 Å². The van der Waals surface area contributed by atoms with Crippen LogP contribution in [0.25, 0.3) is 0 Å². The molecule has 0 bridgehead atoms. The molecule has 1 atom stereocenters. The topological polar surface area (TPSA) is 35.9 Å². The van der Waals surface area contributed by atoms with E-state index < -0.39 is 5.60 Å². The number of para-hydroxylation sites is 1. The zero-order valence-electron chi connectivity index (χ0n) is 21.4. The van der Waals surface area contributed by atoms with Crippen molar-refractivity contribution in [1.29, 1.82) is 0 Å². The van der Waals surface area contributed by atoms with E-state index in [2.05, 4.69) is 34.1 Å². The molecule has 190 valence electrons. The van der Waals surface area contributed by atoms with Gasteiger partial charge in [0, 0.05) is 45.2 Å². The van der Waals surface area contributed by atoms with Gasteiger partial charge >= 0.3 is 0 Å². The lowest BCUT2D eigenvalue weighted by Crippen LogP contribution is -2.51. The molecule has 1 unspecified atom stereocenters. The minimum atomic E-state index is -0.598. The number of hydrogen-bond donors (Lipinski definition) is 1. The zero-order chi connectivity index (χ0) is 23.9. The van der Waals surface area contributed by atoms with Crippen LogP contribution in [0.5, 0.6) is 11.5 Å². The van der Waals surface area contributed by atoms with Gasteiger partial charge < -0.3 is 19.6 Å². The Morgan fingerprint density at radius 2 is 1.34 bits per heavy atom. The van der Waals surface area contributed by atoms with E-state index >= 15 is 0 Å². The fourth-order valence-corrected chi connectivity index (χ4v) is 6.64. The fourth-order valence-electron chi connectivity index (χ4n) is 6.64. The maximum absolute atomic E-state index is 11.8. The van der Waals surface area contributed by atoms with Crippen LogP contribution < -0.4 is 4.74 Å². The Labute approximate surface area is 212 Å². The van der Waals surface area contributed by atoms with Crippen molar-refractivity contribution in [2.24, 2.45) is 5.92 Å². The van der Waals surface area contributed by atoms with Crippen molar-refractivity contribution < 1.29 is 9.84 Å². The third kappa shape index (κ3) is 6.67. The third-order valence-electron chi connectivity index (χ3n) is 8.78. The summed E-state index contributed by atoms with van der Waals surface area (Å²) in [5.41, 5.74) is 0.652. The average molecular weight is 477 g/mol. The molecule has 2 aromatic carbocycles. The Morgan fingerprint density at radius 3 is 2.03 bits per heavy atom. The van der Waals surface area contributed by atoms with Crippen molar-refractivity contribution in [3.8, 4) is 11.5 Å². The molecule has 1 saturated heterocycles. The van der Waals surface area contributed by atoms with Gasteiger partial charge in [-0.3, -0.25) is 0 Å². The van der Waals surface area contributed by atoms with Crippen LogP contribution in [0.2, 0.25) is 0 Å². The van der Waals surface area contributed by atoms with Gasteiger partial charge in [0.2, 0.25) is 0 Å². The Bertz CT molecular complexity index is 880. The molecule has 2 aliphatic carbocycles. The molecule has 1 N–H and O–H groups in total. The highest BCUT2D eigenvalue weighted by Crippen LogP contribution is 2.41. The Balaban J connectivity index is 1.23. The quantitative estimate of drug-likeness (QED) is 0.475. The molecule has 1 aliphatic heterocycles. The minimum absolute atomic E-state index is 0.151. The maximum atomic E-state index is 11.8. The largest absolute Gasteiger partial charge is 0.457 e. The van der Waals surface area contributed by atoms with Crippen molar-refractivity contribution in [1.82, 2.24) is 9.80 Å². The van der Waals surface area contributed by atoms with Crippen molar-refractivity contribution in [3.63, 3.8) is 0 Å². The smallest absolute Gasteiger partial charge is 0.127 e. The summed E-state index contributed by atoms with van der Waals surface area (Å²) >= 11 is 0. The number of rotatable bonds is 8. The maximum Gasteiger partial charge on any atom is 0.127 e. The normalized spacial score (nSPS) is 23.1. The van der Waals surface area contributed by atoms with Gasteiger partial charge in [-0.15, -0.1) is 0 Å². The van der Waals surface area contributed by atoms with Gasteiger partial charge in [0.05, 0.1) is 5.60 Å². The molecular formula is C31H44N2O2. The monoisotopic (exact) mass is 476 g/mol. The number of hydrogen-bond acceptors (Lipinski definition) is 4. The van der Waals surface area contributed by atoms with Crippen LogP contribution >= 0.6 is 0 Å². The first-order chi connectivity index (χ1) is 17.2. The van der Waals surface area contributed by atoms with Gasteiger partial charge in [-0.25, -0.2) is 0 Å². The summed E-state index contributed by atoms with van der Waals surface area (Å²) in [4.78, 5) is 5.32. The molecule has 5 rings (SSSR count). The molecule has 0 radical (unpaired) electrons. The van der Waals surface area contributed by atoms with Crippen molar-refractivity contribution >= 4 is 0 Å². The van der Waals surface area contributed by atoms with Gasteiger partial charge in [0.1, 0.15) is 11.5 Å². The van der Waals surface area contributed by atoms with E-state index in [0.29, 0.717) is 0 Å². The first kappa shape index (κ1) is 24.8. The summed E-state index contributed by atoms with van der Waals surface area (Å²) < 4.78 is 6.03. The molecule has 0 aromatic heterocycles. The second-order valence-corrected chi connectivity index (χ2v) is 11.3. The molecule has 0 amide bonds. The Kier molecular flexibility index (Phi) is 8.43. The molecule has 4 heteroatoms. The first-order valence-corrected chi connectivity index (χ1v) is 14.2. The lowest BCUT2D eigenvalue weighted by molar-refractivity contribution is -0.0346. The highest BCUT2D eigenvalue weighted by molar-refractivity contribution is 5.35. The van der Waals surface area contributed by atoms with E-state index in [1.165, 1.54) is 63.7 Å². The molecule has 3 fully saturated rings. The lowest BCUT2D eigenvalue weighted by atomic mass is 9.72. The van der Waals surface area contributed by atoms with Gasteiger partial charge in [-0.05, 0) is 61.4 Å². The van der Waals surface area contributed by atoms with E-state index in [1.54, 1.807) is 0 Å². The summed E-state index contributed by atoms with van der Waals surface area (Å²) in [6, 6.07) is 18.5. The van der Waals surface area contributed by atoms with Gasteiger partial charge in [-0.2, -0.15) is 0 Å². The summed E-state index contributed by atoms with van der Waals surface area (Å²) in [5, 5.41) is 11.8. The Morgan fingerprint density at radius 1 is 0.743 bits per heavy atom. The molecule has 3 aliphatic rings. The summed E-state index contributed by atoms with van der Waals surface area (Å²) in [6.45, 7) is 6.83. The average Bonchev–Trinajstić information content (AvgIpc) is 2.90. The Hall–Kier alpha value is -1.88. The molecule has 4 nitrogen and oxygen atoms in total. The summed E-state index contributed by atoms with van der Waals surface area (Å²) in [7, 11) is 0. The highest BCUT2D eigenvalue weighted by atomic mass is 16.5. The van der Waals surface area contributed by atoms with Gasteiger partial charge in [0.15, 0.2) is 0 Å². The van der Waals surface area contributed by atoms with Crippen LogP contribution in [0, 0.1) is 5.92 Å². The fraction of sp³-hybridized carbons (Fsp3) is 0.613. The molecule has 2 aromatic rings. The van der Waals surface area contributed by atoms with Crippen LogP contribution in [-0.2, 0) is 0 Å². The SMILES string of the molecule is OC1(C(CN2CCN(CC3CCCCC3)CC2)c2ccc(Oc3ccccc3)cc2)CCCCC1. The predicted molar refractivity (Wildman–Crippen MR) is 143 cm³/mol. The van der Waals surface area contributed by atoms with Crippen LogP contribution in [-0.4, -0.2) is 59.8 Å². The second-order valence-electron chi connectivity index (χ2n) is 11.3. The summed E-state index contributed by atoms with van der Waals surface area (Å²) in [6.07, 6.45) is 12.5. The second kappa shape index (κ2) is 11.9. The van der Waals surface area contributed by atoms with Crippen LogP contribution in [0.4, 0.5) is 0 Å². The number of aliphatic hydroxyl groups is 1. The van der Waals surface area contributed by atoms with Gasteiger partial charge in [0.25, 0.3) is 0 Å². The lowest BCUT2D eigenvalue weighted by Gasteiger charge is -2.44. The van der Waals surface area contributed by atoms with Crippen molar-refractivity contribution in [2.75, 3.05) is 39.3 Å². The van der Waals surface area contributed by atoms with Crippen LogP contribution in [0.1, 0.15) is 75.7 Å². The summed E-state index contributed by atoms with van der Waals surface area (Å²) in [5.74, 6) is 2.78. The molecule has 2 saturated carbocycles. The molecule has 1 heterocycles. The standard InChI is InChI=1S/C31H44N2O2/c34-31(18-8-3-9-19-31)30(27-14-16-29(17-15-27)35-28-12-6-2-7-13-28)25-33-22-20-32(21-23-33)24-26-10-4-1-5-11-26/h2,6-7,12-17,26,30,34H,1,3-5,8-11,18-25H2. The first-order valence-electron chi connectivity index (χ1n) is 14.2. The van der Waals surface area contributed by atoms with E-state index in [-0.39, 0.29) is 5.92 Å². The molecular weight excluding hydrogens is 432 g/mol. The molecule has 0 spiro atoms. The van der Waals surface area contributed by atoms with E-state index in [0.717, 1.165) is 62.7 Å². The third-order valence-corrected chi connectivity index (χ3v) is 8.78. The number of nitrogens with zero attached hydrogens (tertiary/aromatic N) is 2. The molecule has 35 heavy (non-hydrogen) atoms. The van der Waals surface area contributed by atoms with Crippen LogP contribution in [0.3, 0.4) is 0 Å².